The zero-order chi connectivity index (χ0) is 8.32. The molecule has 0 radical (unpaired) electrons. The minimum atomic E-state index is -0.518. The monoisotopic (exact) mass is 158 g/mol. The highest BCUT2D eigenvalue weighted by atomic mass is 16.3. The van der Waals surface area contributed by atoms with Gasteiger partial charge in [0.25, 0.3) is 0 Å². The van der Waals surface area contributed by atoms with Crippen molar-refractivity contribution in [2.24, 2.45) is 0 Å². The number of likely N-dealkylation sites (N-methyl/N-ethyl adjacent to an activating group) is 1. The third-order valence-electron chi connectivity index (χ3n) is 2.48. The van der Waals surface area contributed by atoms with Gasteiger partial charge in [-0.2, -0.15) is 0 Å². The molecular weight excluding hydrogens is 140 g/mol. The van der Waals surface area contributed by atoms with E-state index in [1.807, 2.05) is 6.92 Å². The summed E-state index contributed by atoms with van der Waals surface area (Å²) in [5.41, 5.74) is -0.518. The van der Waals surface area contributed by atoms with Crippen LogP contribution in [0, 0.1) is 0 Å². The Morgan fingerprint density at radius 2 is 2.45 bits per heavy atom. The Morgan fingerprint density at radius 3 is 2.91 bits per heavy atom. The van der Waals surface area contributed by atoms with Crippen LogP contribution >= 0.6 is 0 Å². The van der Waals surface area contributed by atoms with E-state index in [0.717, 1.165) is 26.1 Å². The molecule has 0 saturated carbocycles. The van der Waals surface area contributed by atoms with Crippen LogP contribution < -0.4 is 10.6 Å². The van der Waals surface area contributed by atoms with Crippen LogP contribution in [0.4, 0.5) is 0 Å². The molecule has 1 aliphatic rings. The Morgan fingerprint density at radius 1 is 1.73 bits per heavy atom. The third-order valence-corrected chi connectivity index (χ3v) is 2.48. The van der Waals surface area contributed by atoms with Gasteiger partial charge >= 0.3 is 0 Å². The van der Waals surface area contributed by atoms with Crippen LogP contribution in [0.2, 0.25) is 0 Å². The van der Waals surface area contributed by atoms with Crippen molar-refractivity contribution in [3.05, 3.63) is 0 Å². The van der Waals surface area contributed by atoms with Crippen LogP contribution in [0.1, 0.15) is 20.3 Å². The Bertz CT molecular complexity index is 121. The predicted octanol–water partition coefficient (Wildman–Crippen LogP) is -0.291. The van der Waals surface area contributed by atoms with Crippen molar-refractivity contribution in [3.8, 4) is 0 Å². The molecule has 1 rings (SSSR count). The molecule has 0 aliphatic carbocycles. The van der Waals surface area contributed by atoms with Crippen molar-refractivity contribution >= 4 is 0 Å². The third kappa shape index (κ3) is 1.92. The minimum absolute atomic E-state index is 0.197. The molecule has 0 aromatic carbocycles. The lowest BCUT2D eigenvalue weighted by atomic mass is 9.95. The molecule has 3 N–H and O–H groups in total. The highest BCUT2D eigenvalue weighted by Crippen LogP contribution is 2.18. The van der Waals surface area contributed by atoms with Crippen LogP contribution in [0.15, 0.2) is 0 Å². The van der Waals surface area contributed by atoms with Crippen molar-refractivity contribution in [2.75, 3.05) is 19.6 Å². The largest absolute Gasteiger partial charge is 0.387 e. The lowest BCUT2D eigenvalue weighted by Gasteiger charge is -2.29. The molecule has 0 amide bonds. The van der Waals surface area contributed by atoms with Crippen LogP contribution in [-0.4, -0.2) is 36.4 Å². The first-order valence-corrected chi connectivity index (χ1v) is 4.35. The molecule has 11 heavy (non-hydrogen) atoms. The first-order chi connectivity index (χ1) is 5.19. The van der Waals surface area contributed by atoms with E-state index >= 15 is 0 Å². The molecule has 0 aromatic heterocycles. The Hall–Kier alpha value is -0.120. The standard InChI is InChI=1S/C8H18N2O/c1-3-10-7(2)8(11)4-5-9-6-8/h7,9-11H,3-6H2,1-2H3. The fraction of sp³-hybridized carbons (Fsp3) is 1.00. The zero-order valence-electron chi connectivity index (χ0n) is 7.35. The summed E-state index contributed by atoms with van der Waals surface area (Å²) in [6.07, 6.45) is 0.862. The van der Waals surface area contributed by atoms with Gasteiger partial charge in [-0.3, -0.25) is 0 Å². The number of hydrogen-bond donors (Lipinski definition) is 3. The Balaban J connectivity index is 2.42. The van der Waals surface area contributed by atoms with E-state index in [0.29, 0.717) is 0 Å². The summed E-state index contributed by atoms with van der Waals surface area (Å²) in [4.78, 5) is 0. The Kier molecular flexibility index (Phi) is 2.87. The number of β-amino-alcohol motifs (C(OH)–C–C–N with tert-alkyl or cyclic N) is 1. The summed E-state index contributed by atoms with van der Waals surface area (Å²) in [6, 6.07) is 0.197. The summed E-state index contributed by atoms with van der Waals surface area (Å²) in [7, 11) is 0. The second-order valence-electron chi connectivity index (χ2n) is 3.31. The van der Waals surface area contributed by atoms with Crippen molar-refractivity contribution in [3.63, 3.8) is 0 Å². The maximum atomic E-state index is 9.97. The van der Waals surface area contributed by atoms with E-state index in [-0.39, 0.29) is 6.04 Å². The average Bonchev–Trinajstić information content (AvgIpc) is 2.38. The smallest absolute Gasteiger partial charge is 0.0932 e. The summed E-state index contributed by atoms with van der Waals surface area (Å²) in [5.74, 6) is 0. The Labute approximate surface area is 68.2 Å². The zero-order valence-corrected chi connectivity index (χ0v) is 7.35. The number of rotatable bonds is 3. The fourth-order valence-electron chi connectivity index (χ4n) is 1.56. The van der Waals surface area contributed by atoms with E-state index < -0.39 is 5.60 Å². The van der Waals surface area contributed by atoms with Crippen molar-refractivity contribution in [1.29, 1.82) is 0 Å². The van der Waals surface area contributed by atoms with Gasteiger partial charge in [0.05, 0.1) is 5.60 Å². The average molecular weight is 158 g/mol. The van der Waals surface area contributed by atoms with E-state index in [2.05, 4.69) is 17.6 Å². The van der Waals surface area contributed by atoms with Crippen LogP contribution in [0.5, 0.6) is 0 Å². The van der Waals surface area contributed by atoms with E-state index in [1.54, 1.807) is 0 Å². The summed E-state index contributed by atoms with van der Waals surface area (Å²) in [6.45, 7) is 6.68. The van der Waals surface area contributed by atoms with Gasteiger partial charge in [0.15, 0.2) is 0 Å². The minimum Gasteiger partial charge on any atom is -0.387 e. The molecule has 0 aromatic rings. The van der Waals surface area contributed by atoms with Gasteiger partial charge in [0, 0.05) is 12.6 Å². The number of nitrogens with one attached hydrogen (secondary N) is 2. The lowest BCUT2D eigenvalue weighted by molar-refractivity contribution is 0.0275. The van der Waals surface area contributed by atoms with Crippen LogP contribution in [0.25, 0.3) is 0 Å². The first kappa shape index (κ1) is 8.97. The summed E-state index contributed by atoms with van der Waals surface area (Å²) < 4.78 is 0. The van der Waals surface area contributed by atoms with E-state index in [9.17, 15) is 5.11 Å². The SMILES string of the molecule is CCNC(C)C1(O)CCNC1. The van der Waals surface area contributed by atoms with Gasteiger partial charge in [-0.05, 0) is 26.4 Å². The molecular formula is C8H18N2O. The molecule has 3 nitrogen and oxygen atoms in total. The van der Waals surface area contributed by atoms with Gasteiger partial charge in [-0.15, -0.1) is 0 Å². The van der Waals surface area contributed by atoms with Gasteiger partial charge < -0.3 is 15.7 Å². The molecule has 2 atom stereocenters. The normalized spacial score (nSPS) is 34.1. The summed E-state index contributed by atoms with van der Waals surface area (Å²) in [5, 5.41) is 16.4. The quantitative estimate of drug-likeness (QED) is 0.529. The van der Waals surface area contributed by atoms with Crippen LogP contribution in [0.3, 0.4) is 0 Å². The number of aliphatic hydroxyl groups is 1. The van der Waals surface area contributed by atoms with Crippen molar-refractivity contribution in [2.45, 2.75) is 31.9 Å². The molecule has 1 aliphatic heterocycles. The van der Waals surface area contributed by atoms with Crippen LogP contribution in [-0.2, 0) is 0 Å². The second kappa shape index (κ2) is 3.52. The highest BCUT2D eigenvalue weighted by molar-refractivity contribution is 4.95. The van der Waals surface area contributed by atoms with Gasteiger partial charge in [-0.1, -0.05) is 6.92 Å². The fourth-order valence-corrected chi connectivity index (χ4v) is 1.56. The maximum Gasteiger partial charge on any atom is 0.0932 e. The molecule has 1 fully saturated rings. The molecule has 2 unspecified atom stereocenters. The van der Waals surface area contributed by atoms with Gasteiger partial charge in [-0.25, -0.2) is 0 Å². The molecule has 0 spiro atoms. The van der Waals surface area contributed by atoms with Crippen molar-refractivity contribution in [1.82, 2.24) is 10.6 Å². The molecule has 1 saturated heterocycles. The first-order valence-electron chi connectivity index (χ1n) is 4.35. The molecule has 0 bridgehead atoms. The summed E-state index contributed by atoms with van der Waals surface area (Å²) >= 11 is 0. The predicted molar refractivity (Wildman–Crippen MR) is 45.6 cm³/mol. The second-order valence-corrected chi connectivity index (χ2v) is 3.31. The molecule has 66 valence electrons. The lowest BCUT2D eigenvalue weighted by Crippen LogP contribution is -2.50. The maximum absolute atomic E-state index is 9.97. The van der Waals surface area contributed by atoms with E-state index in [1.165, 1.54) is 0 Å². The molecule has 1 heterocycles. The topological polar surface area (TPSA) is 44.3 Å². The van der Waals surface area contributed by atoms with Crippen molar-refractivity contribution < 1.29 is 5.11 Å². The van der Waals surface area contributed by atoms with E-state index in [4.69, 9.17) is 0 Å². The molecule has 3 heteroatoms. The number of hydrogen-bond acceptors (Lipinski definition) is 3. The van der Waals surface area contributed by atoms with Gasteiger partial charge in [0.1, 0.15) is 0 Å². The van der Waals surface area contributed by atoms with Gasteiger partial charge in [0.2, 0.25) is 0 Å². The highest BCUT2D eigenvalue weighted by Gasteiger charge is 2.36.